The van der Waals surface area contributed by atoms with E-state index in [0.29, 0.717) is 28.1 Å². The van der Waals surface area contributed by atoms with Gasteiger partial charge in [0.15, 0.2) is 0 Å². The summed E-state index contributed by atoms with van der Waals surface area (Å²) in [5.41, 5.74) is 10.4. The highest BCUT2D eigenvalue weighted by molar-refractivity contribution is 6.42. The zero-order valence-electron chi connectivity index (χ0n) is 11.0. The van der Waals surface area contributed by atoms with E-state index in [-0.39, 0.29) is 0 Å². The van der Waals surface area contributed by atoms with Crippen LogP contribution in [0.3, 0.4) is 0 Å². The van der Waals surface area contributed by atoms with E-state index in [4.69, 9.17) is 33.7 Å². The molecule has 3 rings (SSSR count). The van der Waals surface area contributed by atoms with Crippen LogP contribution in [0, 0.1) is 0 Å². The van der Waals surface area contributed by atoms with Crippen molar-refractivity contribution in [3.8, 4) is 5.75 Å². The Morgan fingerprint density at radius 2 is 1.75 bits per heavy atom. The van der Waals surface area contributed by atoms with Gasteiger partial charge in [-0.3, -0.25) is 0 Å². The second kappa shape index (κ2) is 5.55. The maximum Gasteiger partial charge on any atom is 0.144 e. The van der Waals surface area contributed by atoms with Crippen LogP contribution in [0.25, 0.3) is 0 Å². The van der Waals surface area contributed by atoms with Gasteiger partial charge in [0.25, 0.3) is 0 Å². The molecule has 1 aliphatic carbocycles. The van der Waals surface area contributed by atoms with Crippen LogP contribution >= 0.6 is 23.2 Å². The molecule has 0 saturated carbocycles. The number of nitrogen functional groups attached to an aromatic ring is 1. The number of fused-ring (bicyclic) bond motifs is 1. The number of nitrogens with two attached hydrogens (primary N) is 1. The van der Waals surface area contributed by atoms with E-state index >= 15 is 0 Å². The fourth-order valence-electron chi connectivity index (χ4n) is 2.55. The molecule has 0 unspecified atom stereocenters. The minimum Gasteiger partial charge on any atom is -0.487 e. The van der Waals surface area contributed by atoms with Gasteiger partial charge in [-0.25, -0.2) is 0 Å². The van der Waals surface area contributed by atoms with Crippen molar-refractivity contribution in [3.05, 3.63) is 57.1 Å². The monoisotopic (exact) mass is 307 g/mol. The summed E-state index contributed by atoms with van der Waals surface area (Å²) in [7, 11) is 0. The second-order valence-corrected chi connectivity index (χ2v) is 5.86. The van der Waals surface area contributed by atoms with Gasteiger partial charge in [-0.15, -0.1) is 0 Å². The third-order valence-corrected chi connectivity index (χ3v) is 4.33. The van der Waals surface area contributed by atoms with Gasteiger partial charge in [0.2, 0.25) is 0 Å². The zero-order valence-corrected chi connectivity index (χ0v) is 12.5. The van der Waals surface area contributed by atoms with E-state index in [1.165, 1.54) is 24.0 Å². The Morgan fingerprint density at radius 3 is 2.60 bits per heavy atom. The van der Waals surface area contributed by atoms with Crippen LogP contribution in [0.1, 0.15) is 23.1 Å². The zero-order chi connectivity index (χ0) is 14.1. The third kappa shape index (κ3) is 2.72. The normalized spacial score (nSPS) is 13.3. The summed E-state index contributed by atoms with van der Waals surface area (Å²) in [5, 5.41) is 0.888. The Labute approximate surface area is 128 Å². The lowest BCUT2D eigenvalue weighted by Gasteiger charge is -2.11. The minimum absolute atomic E-state index is 0.439. The van der Waals surface area contributed by atoms with Gasteiger partial charge in [-0.05, 0) is 42.0 Å². The van der Waals surface area contributed by atoms with Crippen molar-refractivity contribution >= 4 is 28.9 Å². The van der Waals surface area contributed by atoms with E-state index in [9.17, 15) is 0 Å². The topological polar surface area (TPSA) is 35.2 Å². The Kier molecular flexibility index (Phi) is 3.77. The lowest BCUT2D eigenvalue weighted by molar-refractivity contribution is 0.308. The Balaban J connectivity index is 1.75. The van der Waals surface area contributed by atoms with Crippen molar-refractivity contribution < 1.29 is 4.74 Å². The summed E-state index contributed by atoms with van der Waals surface area (Å²) in [6.07, 6.45) is 3.60. The summed E-state index contributed by atoms with van der Waals surface area (Å²) < 4.78 is 5.75. The molecule has 20 heavy (non-hydrogen) atoms. The fraction of sp³-hybridized carbons (Fsp3) is 0.250. The van der Waals surface area contributed by atoms with Crippen LogP contribution in [-0.4, -0.2) is 0 Å². The lowest BCUT2D eigenvalue weighted by atomic mass is 10.1. The van der Waals surface area contributed by atoms with Crippen LogP contribution in [0.2, 0.25) is 10.0 Å². The number of hydrogen-bond donors (Lipinski definition) is 1. The molecular weight excluding hydrogens is 293 g/mol. The molecule has 2 nitrogen and oxygen atoms in total. The summed E-state index contributed by atoms with van der Waals surface area (Å²) in [6.45, 7) is 0.482. The molecule has 1 aliphatic rings. The quantitative estimate of drug-likeness (QED) is 0.838. The van der Waals surface area contributed by atoms with Gasteiger partial charge >= 0.3 is 0 Å². The standard InChI is InChI=1S/C16H15Cl2NO/c17-13-7-15(19)16(8-14(13)18)20-9-10-4-5-11-2-1-3-12(11)6-10/h4-8H,1-3,9,19H2. The molecule has 0 amide bonds. The van der Waals surface area contributed by atoms with Crippen molar-refractivity contribution in [2.24, 2.45) is 0 Å². The van der Waals surface area contributed by atoms with Gasteiger partial charge < -0.3 is 10.5 Å². The van der Waals surface area contributed by atoms with Gasteiger partial charge in [0, 0.05) is 6.07 Å². The summed E-state index contributed by atoms with van der Waals surface area (Å²) in [4.78, 5) is 0. The summed E-state index contributed by atoms with van der Waals surface area (Å²) in [6, 6.07) is 9.79. The predicted octanol–water partition coefficient (Wildman–Crippen LogP) is 4.64. The van der Waals surface area contributed by atoms with Crippen LogP contribution in [0.5, 0.6) is 5.75 Å². The minimum atomic E-state index is 0.439. The van der Waals surface area contributed by atoms with Gasteiger partial charge in [-0.2, -0.15) is 0 Å². The van der Waals surface area contributed by atoms with E-state index in [0.717, 1.165) is 12.0 Å². The van der Waals surface area contributed by atoms with E-state index in [1.54, 1.807) is 12.1 Å². The van der Waals surface area contributed by atoms with E-state index < -0.39 is 0 Å². The number of halogens is 2. The van der Waals surface area contributed by atoms with Gasteiger partial charge in [0.1, 0.15) is 12.4 Å². The Morgan fingerprint density at radius 1 is 1.00 bits per heavy atom. The van der Waals surface area contributed by atoms with E-state index in [1.807, 2.05) is 0 Å². The maximum absolute atomic E-state index is 5.98. The molecule has 0 atom stereocenters. The predicted molar refractivity (Wildman–Crippen MR) is 83.7 cm³/mol. The molecule has 2 aromatic carbocycles. The number of anilines is 1. The number of aryl methyl sites for hydroxylation is 2. The van der Waals surface area contributed by atoms with Crippen LogP contribution in [0.4, 0.5) is 5.69 Å². The first-order valence-electron chi connectivity index (χ1n) is 6.61. The average molecular weight is 308 g/mol. The first-order chi connectivity index (χ1) is 9.63. The molecule has 0 saturated heterocycles. The van der Waals surface area contributed by atoms with Crippen LogP contribution in [0.15, 0.2) is 30.3 Å². The summed E-state index contributed by atoms with van der Waals surface area (Å²) in [5.74, 6) is 0.569. The largest absolute Gasteiger partial charge is 0.487 e. The van der Waals surface area contributed by atoms with Crippen molar-refractivity contribution in [3.63, 3.8) is 0 Å². The molecular formula is C16H15Cl2NO. The Bertz CT molecular complexity index is 655. The first-order valence-corrected chi connectivity index (χ1v) is 7.37. The number of hydrogen-bond acceptors (Lipinski definition) is 2. The molecule has 0 radical (unpaired) electrons. The smallest absolute Gasteiger partial charge is 0.144 e. The maximum atomic E-state index is 5.98. The van der Waals surface area contributed by atoms with Crippen molar-refractivity contribution in [2.75, 3.05) is 5.73 Å². The molecule has 0 spiro atoms. The fourth-order valence-corrected chi connectivity index (χ4v) is 2.87. The van der Waals surface area contributed by atoms with E-state index in [2.05, 4.69) is 18.2 Å². The number of benzene rings is 2. The number of rotatable bonds is 3. The average Bonchev–Trinajstić information content (AvgIpc) is 2.89. The highest BCUT2D eigenvalue weighted by atomic mass is 35.5. The highest BCUT2D eigenvalue weighted by Crippen LogP contribution is 2.33. The van der Waals surface area contributed by atoms with Gasteiger partial charge in [0.05, 0.1) is 15.7 Å². The molecule has 0 bridgehead atoms. The second-order valence-electron chi connectivity index (χ2n) is 5.05. The SMILES string of the molecule is Nc1cc(Cl)c(Cl)cc1OCc1ccc2c(c1)CCC2. The third-order valence-electron chi connectivity index (χ3n) is 3.61. The lowest BCUT2D eigenvalue weighted by Crippen LogP contribution is -2.00. The van der Waals surface area contributed by atoms with Crippen LogP contribution < -0.4 is 10.5 Å². The van der Waals surface area contributed by atoms with Crippen molar-refractivity contribution in [1.29, 1.82) is 0 Å². The molecule has 0 aromatic heterocycles. The number of ether oxygens (including phenoxy) is 1. The summed E-state index contributed by atoms with van der Waals surface area (Å²) >= 11 is 11.9. The van der Waals surface area contributed by atoms with Gasteiger partial charge in [-0.1, -0.05) is 41.4 Å². The molecule has 104 valence electrons. The molecule has 0 aliphatic heterocycles. The van der Waals surface area contributed by atoms with Crippen molar-refractivity contribution in [2.45, 2.75) is 25.9 Å². The highest BCUT2D eigenvalue weighted by Gasteiger charge is 2.11. The molecule has 2 aromatic rings. The molecule has 2 N–H and O–H groups in total. The first kappa shape index (κ1) is 13.6. The molecule has 0 heterocycles. The molecule has 4 heteroatoms. The Hall–Kier alpha value is -1.38. The van der Waals surface area contributed by atoms with Crippen molar-refractivity contribution in [1.82, 2.24) is 0 Å². The van der Waals surface area contributed by atoms with Crippen LogP contribution in [-0.2, 0) is 19.4 Å². The molecule has 0 fully saturated rings.